The molecule has 20 heavy (non-hydrogen) atoms. The van der Waals surface area contributed by atoms with Gasteiger partial charge >= 0.3 is 5.97 Å². The highest BCUT2D eigenvalue weighted by molar-refractivity contribution is 6.33. The minimum atomic E-state index is -0.374. The molecule has 0 atom stereocenters. The lowest BCUT2D eigenvalue weighted by molar-refractivity contribution is -0.140. The normalized spacial score (nSPS) is 10.5. The highest BCUT2D eigenvalue weighted by atomic mass is 35.5. The van der Waals surface area contributed by atoms with Gasteiger partial charge in [-0.15, -0.1) is 0 Å². The third-order valence-electron chi connectivity index (χ3n) is 2.71. The fraction of sp³-hybridized carbons (Fsp3) is 0.538. The second kappa shape index (κ2) is 7.19. The number of esters is 1. The Kier molecular flexibility index (Phi) is 5.88. The first-order valence-corrected chi connectivity index (χ1v) is 6.59. The summed E-state index contributed by atoms with van der Waals surface area (Å²) in [5.74, 6) is -0.0668. The Hall–Kier alpha value is -1.69. The van der Waals surface area contributed by atoms with Gasteiger partial charge in [0.25, 0.3) is 5.91 Å². The molecule has 1 rings (SSSR count). The molecule has 1 heterocycles. The van der Waals surface area contributed by atoms with Gasteiger partial charge in [0.15, 0.2) is 5.69 Å². The van der Waals surface area contributed by atoms with Crippen molar-refractivity contribution in [2.24, 2.45) is 0 Å². The highest BCUT2D eigenvalue weighted by Gasteiger charge is 2.19. The fourth-order valence-electron chi connectivity index (χ4n) is 1.45. The van der Waals surface area contributed by atoms with Crippen molar-refractivity contribution >= 4 is 23.5 Å². The second-order valence-corrected chi connectivity index (χ2v) is 5.04. The van der Waals surface area contributed by atoms with E-state index in [9.17, 15) is 9.59 Å². The number of hydrogen-bond donors (Lipinski definition) is 0. The van der Waals surface area contributed by atoms with Crippen LogP contribution in [0.2, 0.25) is 5.02 Å². The molecule has 1 aromatic rings. The zero-order valence-corrected chi connectivity index (χ0v) is 12.8. The van der Waals surface area contributed by atoms with Crippen molar-refractivity contribution in [3.8, 4) is 0 Å². The molecule has 0 aromatic carbocycles. The molecule has 110 valence electrons. The van der Waals surface area contributed by atoms with E-state index in [-0.39, 0.29) is 41.5 Å². The molecule has 0 aliphatic rings. The third-order valence-corrected chi connectivity index (χ3v) is 2.98. The first kappa shape index (κ1) is 16.4. The van der Waals surface area contributed by atoms with Gasteiger partial charge in [0.2, 0.25) is 0 Å². The maximum atomic E-state index is 12.2. The van der Waals surface area contributed by atoms with Crippen molar-refractivity contribution in [1.82, 2.24) is 14.9 Å². The Balaban J connectivity index is 2.85. The van der Waals surface area contributed by atoms with Crippen molar-refractivity contribution in [2.75, 3.05) is 20.7 Å². The van der Waals surface area contributed by atoms with Crippen LogP contribution >= 0.6 is 11.6 Å². The summed E-state index contributed by atoms with van der Waals surface area (Å²) in [6, 6.07) is 0. The largest absolute Gasteiger partial charge is 0.469 e. The Labute approximate surface area is 123 Å². The van der Waals surface area contributed by atoms with Crippen molar-refractivity contribution < 1.29 is 14.3 Å². The van der Waals surface area contributed by atoms with Crippen LogP contribution in [-0.2, 0) is 9.53 Å². The van der Waals surface area contributed by atoms with Gasteiger partial charge in [0.1, 0.15) is 5.82 Å². The number of nitrogens with zero attached hydrogens (tertiary/aromatic N) is 3. The number of hydrogen-bond acceptors (Lipinski definition) is 5. The molecule has 0 saturated heterocycles. The lowest BCUT2D eigenvalue weighted by Gasteiger charge is -2.17. The molecular formula is C13H18ClN3O3. The van der Waals surface area contributed by atoms with Crippen LogP contribution in [0.1, 0.15) is 42.5 Å². The Morgan fingerprint density at radius 3 is 2.65 bits per heavy atom. The van der Waals surface area contributed by atoms with E-state index in [4.69, 9.17) is 11.6 Å². The van der Waals surface area contributed by atoms with Crippen molar-refractivity contribution in [1.29, 1.82) is 0 Å². The van der Waals surface area contributed by atoms with Crippen LogP contribution in [0, 0.1) is 0 Å². The van der Waals surface area contributed by atoms with Crippen LogP contribution < -0.4 is 0 Å². The maximum absolute atomic E-state index is 12.2. The molecule has 0 aliphatic carbocycles. The predicted molar refractivity (Wildman–Crippen MR) is 74.7 cm³/mol. The van der Waals surface area contributed by atoms with Crippen molar-refractivity contribution in [3.63, 3.8) is 0 Å². The summed E-state index contributed by atoms with van der Waals surface area (Å²) in [7, 11) is 2.89. The molecule has 1 amide bonds. The van der Waals surface area contributed by atoms with Gasteiger partial charge < -0.3 is 9.64 Å². The lowest BCUT2D eigenvalue weighted by atomic mass is 10.2. The van der Waals surface area contributed by atoms with Gasteiger partial charge in [0, 0.05) is 19.5 Å². The molecule has 0 fully saturated rings. The maximum Gasteiger partial charge on any atom is 0.307 e. The Morgan fingerprint density at radius 1 is 1.45 bits per heavy atom. The molecule has 7 heteroatoms. The van der Waals surface area contributed by atoms with Gasteiger partial charge in [-0.05, 0) is 0 Å². The van der Waals surface area contributed by atoms with Gasteiger partial charge in [-0.2, -0.15) is 0 Å². The number of carbonyl (C=O) groups excluding carboxylic acids is 2. The fourth-order valence-corrected chi connectivity index (χ4v) is 1.62. The number of rotatable bonds is 5. The lowest BCUT2D eigenvalue weighted by Crippen LogP contribution is -2.30. The van der Waals surface area contributed by atoms with E-state index >= 15 is 0 Å². The predicted octanol–water partition coefficient (Wildman–Crippen LogP) is 1.89. The summed E-state index contributed by atoms with van der Waals surface area (Å²) in [6.45, 7) is 4.10. The zero-order chi connectivity index (χ0) is 15.3. The molecule has 0 unspecified atom stereocenters. The zero-order valence-electron chi connectivity index (χ0n) is 12.0. The van der Waals surface area contributed by atoms with E-state index in [1.165, 1.54) is 18.2 Å². The number of amides is 1. The van der Waals surface area contributed by atoms with Crippen LogP contribution in [0.25, 0.3) is 0 Å². The number of ether oxygens (including phenoxy) is 1. The molecule has 6 nitrogen and oxygen atoms in total. The van der Waals surface area contributed by atoms with Crippen molar-refractivity contribution in [2.45, 2.75) is 26.2 Å². The highest BCUT2D eigenvalue weighted by Crippen LogP contribution is 2.17. The molecule has 0 radical (unpaired) electrons. The van der Waals surface area contributed by atoms with Gasteiger partial charge in [-0.3, -0.25) is 9.59 Å². The summed E-state index contributed by atoms with van der Waals surface area (Å²) < 4.78 is 4.53. The Bertz CT molecular complexity index is 506. The average Bonchev–Trinajstić information content (AvgIpc) is 2.43. The van der Waals surface area contributed by atoms with Gasteiger partial charge in [-0.25, -0.2) is 9.97 Å². The summed E-state index contributed by atoms with van der Waals surface area (Å²) >= 11 is 5.97. The molecular weight excluding hydrogens is 282 g/mol. The van der Waals surface area contributed by atoms with Crippen LogP contribution in [0.4, 0.5) is 0 Å². The molecule has 0 aliphatic heterocycles. The number of aromatic nitrogens is 2. The second-order valence-electron chi connectivity index (χ2n) is 4.63. The van der Waals surface area contributed by atoms with E-state index in [0.29, 0.717) is 5.82 Å². The standard InChI is InChI=1S/C13H18ClN3O3/c1-8(2)12-15-7-9(14)11(16-12)13(19)17(3)6-5-10(18)20-4/h7-8H,5-6H2,1-4H3. The molecule has 0 spiro atoms. The quantitative estimate of drug-likeness (QED) is 0.776. The Morgan fingerprint density at radius 2 is 2.10 bits per heavy atom. The topological polar surface area (TPSA) is 72.4 Å². The van der Waals surface area contributed by atoms with Crippen LogP contribution in [0.5, 0.6) is 0 Å². The number of carbonyl (C=O) groups is 2. The average molecular weight is 300 g/mol. The van der Waals surface area contributed by atoms with E-state index in [2.05, 4.69) is 14.7 Å². The number of halogens is 1. The molecule has 0 bridgehead atoms. The molecule has 0 saturated carbocycles. The van der Waals surface area contributed by atoms with Gasteiger partial charge in [-0.1, -0.05) is 25.4 Å². The van der Waals surface area contributed by atoms with E-state index in [1.807, 2.05) is 13.8 Å². The van der Waals surface area contributed by atoms with Crippen molar-refractivity contribution in [3.05, 3.63) is 22.7 Å². The molecule has 0 N–H and O–H groups in total. The van der Waals surface area contributed by atoms with E-state index in [0.717, 1.165) is 0 Å². The van der Waals surface area contributed by atoms with Crippen LogP contribution in [0.15, 0.2) is 6.20 Å². The SMILES string of the molecule is COC(=O)CCN(C)C(=O)c1nc(C(C)C)ncc1Cl. The van der Waals surface area contributed by atoms with E-state index < -0.39 is 0 Å². The minimum absolute atomic E-state index is 0.0965. The summed E-state index contributed by atoms with van der Waals surface area (Å²) in [6.07, 6.45) is 1.55. The summed E-state index contributed by atoms with van der Waals surface area (Å²) in [5.41, 5.74) is 0.151. The first-order chi connectivity index (χ1) is 9.36. The smallest absolute Gasteiger partial charge is 0.307 e. The summed E-state index contributed by atoms with van der Waals surface area (Å²) in [4.78, 5) is 33.0. The monoisotopic (exact) mass is 299 g/mol. The van der Waals surface area contributed by atoms with Gasteiger partial charge in [0.05, 0.1) is 24.8 Å². The summed E-state index contributed by atoms with van der Waals surface area (Å²) in [5, 5.41) is 0.198. The molecule has 1 aromatic heterocycles. The first-order valence-electron chi connectivity index (χ1n) is 6.21. The van der Waals surface area contributed by atoms with Crippen LogP contribution in [-0.4, -0.2) is 47.4 Å². The minimum Gasteiger partial charge on any atom is -0.469 e. The van der Waals surface area contributed by atoms with Crippen LogP contribution in [0.3, 0.4) is 0 Å². The van der Waals surface area contributed by atoms with E-state index in [1.54, 1.807) is 7.05 Å². The number of methoxy groups -OCH3 is 1. The third kappa shape index (κ3) is 4.16.